The Balaban J connectivity index is 1.63. The van der Waals surface area contributed by atoms with Gasteiger partial charge in [0.15, 0.2) is 6.04 Å². The SMILES string of the molecule is COc1ccc(NC(=O)[C@@H](C)[NH+]2CCc3ccccc3C2)cc1. The lowest BCUT2D eigenvalue weighted by Gasteiger charge is -2.30. The minimum Gasteiger partial charge on any atom is -0.497 e. The maximum atomic E-state index is 12.5. The van der Waals surface area contributed by atoms with Gasteiger partial charge >= 0.3 is 0 Å². The van der Waals surface area contributed by atoms with Crippen LogP contribution in [0.4, 0.5) is 5.69 Å². The Bertz CT molecular complexity index is 682. The molecule has 1 amide bonds. The monoisotopic (exact) mass is 311 g/mol. The minimum absolute atomic E-state index is 0.0598. The maximum absolute atomic E-state index is 12.5. The Morgan fingerprint density at radius 1 is 1.13 bits per heavy atom. The topological polar surface area (TPSA) is 42.8 Å². The number of quaternary nitrogens is 1. The van der Waals surface area contributed by atoms with Crippen molar-refractivity contribution in [1.29, 1.82) is 0 Å². The lowest BCUT2D eigenvalue weighted by Crippen LogP contribution is -3.16. The highest BCUT2D eigenvalue weighted by atomic mass is 16.5. The van der Waals surface area contributed by atoms with Crippen LogP contribution in [0.5, 0.6) is 5.75 Å². The van der Waals surface area contributed by atoms with Gasteiger partial charge in [-0.1, -0.05) is 24.3 Å². The number of anilines is 1. The Kier molecular flexibility index (Phi) is 4.63. The lowest BCUT2D eigenvalue weighted by molar-refractivity contribution is -0.929. The molecule has 2 atom stereocenters. The molecule has 0 fully saturated rings. The molecule has 0 saturated carbocycles. The number of carbonyl (C=O) groups is 1. The molecule has 0 spiro atoms. The summed E-state index contributed by atoms with van der Waals surface area (Å²) < 4.78 is 5.13. The van der Waals surface area contributed by atoms with Gasteiger partial charge in [-0.3, -0.25) is 4.79 Å². The summed E-state index contributed by atoms with van der Waals surface area (Å²) in [6.45, 7) is 3.91. The standard InChI is InChI=1S/C19H22N2O2/c1-14(19(22)20-17-7-9-18(23-2)10-8-17)21-12-11-15-5-3-4-6-16(15)13-21/h3-10,14H,11-13H2,1-2H3,(H,20,22)/p+1/t14-/m1/s1. The molecule has 1 heterocycles. The summed E-state index contributed by atoms with van der Waals surface area (Å²) in [4.78, 5) is 13.8. The first kappa shape index (κ1) is 15.6. The first-order valence-corrected chi connectivity index (χ1v) is 8.03. The first-order chi connectivity index (χ1) is 11.2. The van der Waals surface area contributed by atoms with Gasteiger partial charge in [0.05, 0.1) is 13.7 Å². The van der Waals surface area contributed by atoms with Gasteiger partial charge in [0.2, 0.25) is 0 Å². The molecular formula is C19H23N2O2+. The molecule has 0 saturated heterocycles. The molecule has 0 aliphatic carbocycles. The summed E-state index contributed by atoms with van der Waals surface area (Å²) in [7, 11) is 1.63. The molecule has 1 aliphatic rings. The number of rotatable bonds is 4. The van der Waals surface area contributed by atoms with E-state index in [-0.39, 0.29) is 11.9 Å². The molecule has 0 bridgehead atoms. The smallest absolute Gasteiger partial charge is 0.282 e. The van der Waals surface area contributed by atoms with Gasteiger partial charge in [-0.15, -0.1) is 0 Å². The van der Waals surface area contributed by atoms with Gasteiger partial charge in [-0.2, -0.15) is 0 Å². The van der Waals surface area contributed by atoms with Gasteiger partial charge in [-0.25, -0.2) is 0 Å². The number of hydrogen-bond acceptors (Lipinski definition) is 2. The Labute approximate surface area is 137 Å². The molecule has 4 heteroatoms. The van der Waals surface area contributed by atoms with Crippen molar-refractivity contribution in [2.75, 3.05) is 19.0 Å². The van der Waals surface area contributed by atoms with Crippen LogP contribution in [0.25, 0.3) is 0 Å². The molecule has 1 aliphatic heterocycles. The molecule has 3 rings (SSSR count). The highest BCUT2D eigenvalue weighted by Gasteiger charge is 2.28. The second kappa shape index (κ2) is 6.84. The minimum atomic E-state index is -0.0783. The van der Waals surface area contributed by atoms with E-state index in [1.165, 1.54) is 16.0 Å². The van der Waals surface area contributed by atoms with Crippen molar-refractivity contribution < 1.29 is 14.4 Å². The van der Waals surface area contributed by atoms with E-state index < -0.39 is 0 Å². The molecule has 1 unspecified atom stereocenters. The summed E-state index contributed by atoms with van der Waals surface area (Å²) in [5.41, 5.74) is 3.58. The molecular weight excluding hydrogens is 288 g/mol. The van der Waals surface area contributed by atoms with Gasteiger partial charge in [0.1, 0.15) is 12.3 Å². The molecule has 4 nitrogen and oxygen atoms in total. The van der Waals surface area contributed by atoms with Crippen LogP contribution < -0.4 is 15.0 Å². The predicted molar refractivity (Wildman–Crippen MR) is 90.8 cm³/mol. The summed E-state index contributed by atoms with van der Waals surface area (Å²) in [6, 6.07) is 15.9. The summed E-state index contributed by atoms with van der Waals surface area (Å²) >= 11 is 0. The first-order valence-electron chi connectivity index (χ1n) is 8.03. The third-order valence-electron chi connectivity index (χ3n) is 4.61. The Morgan fingerprint density at radius 3 is 2.52 bits per heavy atom. The average molecular weight is 311 g/mol. The van der Waals surface area contributed by atoms with Crippen LogP contribution in [-0.4, -0.2) is 25.6 Å². The number of benzene rings is 2. The van der Waals surface area contributed by atoms with Crippen LogP contribution in [0.1, 0.15) is 18.1 Å². The number of nitrogens with one attached hydrogen (secondary N) is 2. The summed E-state index contributed by atoms with van der Waals surface area (Å²) in [5, 5.41) is 3.00. The van der Waals surface area contributed by atoms with E-state index in [4.69, 9.17) is 4.74 Å². The molecule has 2 aromatic carbocycles. The lowest BCUT2D eigenvalue weighted by atomic mass is 9.99. The van der Waals surface area contributed by atoms with E-state index in [1.807, 2.05) is 31.2 Å². The van der Waals surface area contributed by atoms with Crippen molar-refractivity contribution in [3.63, 3.8) is 0 Å². The number of fused-ring (bicyclic) bond motifs is 1. The Morgan fingerprint density at radius 2 is 1.83 bits per heavy atom. The number of hydrogen-bond donors (Lipinski definition) is 2. The summed E-state index contributed by atoms with van der Waals surface area (Å²) in [6.07, 6.45) is 1.03. The van der Waals surface area contributed by atoms with Gasteiger partial charge < -0.3 is 15.0 Å². The van der Waals surface area contributed by atoms with Crippen molar-refractivity contribution in [1.82, 2.24) is 0 Å². The van der Waals surface area contributed by atoms with E-state index in [0.717, 1.165) is 30.9 Å². The van der Waals surface area contributed by atoms with E-state index in [9.17, 15) is 4.79 Å². The Hall–Kier alpha value is -2.33. The quantitative estimate of drug-likeness (QED) is 0.902. The normalized spacial score (nSPS) is 17.9. The van der Waals surface area contributed by atoms with Crippen LogP contribution in [0.2, 0.25) is 0 Å². The van der Waals surface area contributed by atoms with Crippen molar-refractivity contribution in [2.45, 2.75) is 25.9 Å². The molecule has 2 aromatic rings. The fraction of sp³-hybridized carbons (Fsp3) is 0.316. The van der Waals surface area contributed by atoms with E-state index in [0.29, 0.717) is 0 Å². The number of carbonyl (C=O) groups excluding carboxylic acids is 1. The van der Waals surface area contributed by atoms with Crippen LogP contribution in [0.15, 0.2) is 48.5 Å². The van der Waals surface area contributed by atoms with E-state index >= 15 is 0 Å². The predicted octanol–water partition coefficient (Wildman–Crippen LogP) is 1.66. The maximum Gasteiger partial charge on any atom is 0.282 e. The van der Waals surface area contributed by atoms with Crippen LogP contribution >= 0.6 is 0 Å². The highest BCUT2D eigenvalue weighted by Crippen LogP contribution is 2.15. The molecule has 0 aromatic heterocycles. The van der Waals surface area contributed by atoms with Gasteiger partial charge in [-0.05, 0) is 36.8 Å². The zero-order chi connectivity index (χ0) is 16.2. The van der Waals surface area contributed by atoms with E-state index in [2.05, 4.69) is 29.6 Å². The number of amides is 1. The molecule has 2 N–H and O–H groups in total. The number of ether oxygens (including phenoxy) is 1. The van der Waals surface area contributed by atoms with Crippen molar-refractivity contribution in [3.8, 4) is 5.75 Å². The third-order valence-corrected chi connectivity index (χ3v) is 4.61. The third kappa shape index (κ3) is 3.54. The number of methoxy groups -OCH3 is 1. The zero-order valence-electron chi connectivity index (χ0n) is 13.6. The van der Waals surface area contributed by atoms with Gasteiger partial charge in [0, 0.05) is 17.7 Å². The highest BCUT2D eigenvalue weighted by molar-refractivity contribution is 5.93. The second-order valence-electron chi connectivity index (χ2n) is 6.04. The molecule has 0 radical (unpaired) electrons. The van der Waals surface area contributed by atoms with Gasteiger partial charge in [0.25, 0.3) is 5.91 Å². The van der Waals surface area contributed by atoms with Crippen molar-refractivity contribution in [2.24, 2.45) is 0 Å². The fourth-order valence-corrected chi connectivity index (χ4v) is 3.08. The second-order valence-corrected chi connectivity index (χ2v) is 6.04. The van der Waals surface area contributed by atoms with Crippen molar-refractivity contribution in [3.05, 3.63) is 59.7 Å². The van der Waals surface area contributed by atoms with Crippen LogP contribution in [-0.2, 0) is 17.8 Å². The van der Waals surface area contributed by atoms with Crippen molar-refractivity contribution >= 4 is 11.6 Å². The summed E-state index contributed by atoms with van der Waals surface area (Å²) in [5.74, 6) is 0.846. The van der Waals surface area contributed by atoms with E-state index in [1.54, 1.807) is 7.11 Å². The largest absolute Gasteiger partial charge is 0.497 e. The van der Waals surface area contributed by atoms with Crippen LogP contribution in [0, 0.1) is 0 Å². The molecule has 120 valence electrons. The van der Waals surface area contributed by atoms with Crippen LogP contribution in [0.3, 0.4) is 0 Å². The average Bonchev–Trinajstić information content (AvgIpc) is 2.61. The molecule has 23 heavy (non-hydrogen) atoms. The zero-order valence-corrected chi connectivity index (χ0v) is 13.6. The fourth-order valence-electron chi connectivity index (χ4n) is 3.08.